The molecule has 4 heteroatoms. The molecule has 0 fully saturated rings. The number of aryl methyl sites for hydroxylation is 6. The van der Waals surface area contributed by atoms with Crippen LogP contribution in [0.2, 0.25) is 0 Å². The third-order valence-corrected chi connectivity index (χ3v) is 12.0. The van der Waals surface area contributed by atoms with Crippen LogP contribution in [0.5, 0.6) is 0 Å². The van der Waals surface area contributed by atoms with Gasteiger partial charge in [-0.25, -0.2) is 0 Å². The second-order valence-electron chi connectivity index (χ2n) is 16.0. The minimum Gasteiger partial charge on any atom is -0.307 e. The molecule has 58 heavy (non-hydrogen) atoms. The first kappa shape index (κ1) is 35.2. The van der Waals surface area contributed by atoms with Crippen molar-refractivity contribution in [3.63, 3.8) is 0 Å². The van der Waals surface area contributed by atoms with Crippen molar-refractivity contribution in [1.82, 2.24) is 14.1 Å². The molecule has 0 N–H and O–H groups in total. The Morgan fingerprint density at radius 2 is 0.862 bits per heavy atom. The number of hydrogen-bond acceptors (Lipinski definition) is 2. The minimum absolute atomic E-state index is 0.602. The van der Waals surface area contributed by atoms with Crippen molar-refractivity contribution in [2.75, 3.05) is 0 Å². The van der Waals surface area contributed by atoms with Crippen LogP contribution in [0.25, 0.3) is 88.4 Å². The van der Waals surface area contributed by atoms with Gasteiger partial charge in [-0.1, -0.05) is 96.1 Å². The van der Waals surface area contributed by atoms with Gasteiger partial charge in [0.15, 0.2) is 0 Å². The summed E-state index contributed by atoms with van der Waals surface area (Å²) < 4.78 is 4.81. The van der Waals surface area contributed by atoms with Crippen molar-refractivity contribution in [3.05, 3.63) is 185 Å². The zero-order chi connectivity index (χ0) is 39.8. The van der Waals surface area contributed by atoms with Crippen molar-refractivity contribution >= 4 is 43.6 Å². The molecule has 0 saturated carbocycles. The SMILES string of the molecule is Cc1cc(C)c(-c2ccc3c4ccccc4n(-c4cc(C#N)c(-c5ccncc5)cc4-n4c5ccccc5c5ccc(-c6c(C)cc(C)cc6C)cc54)c3c2)c(C)c1. The lowest BCUT2D eigenvalue weighted by atomic mass is 9.93. The van der Waals surface area contributed by atoms with Gasteiger partial charge in [0.05, 0.1) is 45.1 Å². The molecule has 10 rings (SSSR count). The summed E-state index contributed by atoms with van der Waals surface area (Å²) in [5.74, 6) is 0. The summed E-state index contributed by atoms with van der Waals surface area (Å²) in [5, 5.41) is 15.6. The summed E-state index contributed by atoms with van der Waals surface area (Å²) in [4.78, 5) is 4.32. The number of fused-ring (bicyclic) bond motifs is 6. The Bertz CT molecular complexity index is 3310. The number of hydrogen-bond donors (Lipinski definition) is 0. The fraction of sp³-hybridized carbons (Fsp3) is 0.111. The number of nitrogens with zero attached hydrogens (tertiary/aromatic N) is 4. The Hall–Kier alpha value is -7.22. The molecule has 0 spiro atoms. The third-order valence-electron chi connectivity index (χ3n) is 12.0. The Kier molecular flexibility index (Phi) is 8.18. The highest BCUT2D eigenvalue weighted by molar-refractivity contribution is 6.13. The van der Waals surface area contributed by atoms with Crippen LogP contribution in [0.3, 0.4) is 0 Å². The van der Waals surface area contributed by atoms with Crippen LogP contribution in [-0.4, -0.2) is 14.1 Å². The number of para-hydroxylation sites is 2. The normalized spacial score (nSPS) is 11.6. The van der Waals surface area contributed by atoms with Gasteiger partial charge in [-0.15, -0.1) is 0 Å². The minimum atomic E-state index is 0.602. The lowest BCUT2D eigenvalue weighted by Crippen LogP contribution is -2.05. The Labute approximate surface area is 338 Å². The van der Waals surface area contributed by atoms with Gasteiger partial charge in [0.1, 0.15) is 0 Å². The van der Waals surface area contributed by atoms with E-state index in [0.717, 1.165) is 44.6 Å². The molecule has 4 nitrogen and oxygen atoms in total. The Balaban J connectivity index is 1.36. The van der Waals surface area contributed by atoms with Crippen molar-refractivity contribution in [2.24, 2.45) is 0 Å². The molecule has 0 radical (unpaired) electrons. The molecule has 0 aliphatic rings. The zero-order valence-corrected chi connectivity index (χ0v) is 33.6. The van der Waals surface area contributed by atoms with E-state index in [1.54, 1.807) is 12.4 Å². The summed E-state index contributed by atoms with van der Waals surface area (Å²) in [5.41, 5.74) is 21.2. The average molecular weight is 747 g/mol. The van der Waals surface area contributed by atoms with Crippen LogP contribution >= 0.6 is 0 Å². The van der Waals surface area contributed by atoms with E-state index < -0.39 is 0 Å². The molecule has 0 atom stereocenters. The highest BCUT2D eigenvalue weighted by Crippen LogP contribution is 2.43. The number of nitriles is 1. The second-order valence-corrected chi connectivity index (χ2v) is 16.0. The van der Waals surface area contributed by atoms with Crippen molar-refractivity contribution in [1.29, 1.82) is 5.26 Å². The van der Waals surface area contributed by atoms with E-state index >= 15 is 0 Å². The maximum absolute atomic E-state index is 10.9. The zero-order valence-electron chi connectivity index (χ0n) is 33.6. The fourth-order valence-corrected chi connectivity index (χ4v) is 9.84. The smallest absolute Gasteiger partial charge is 0.0998 e. The first-order valence-electron chi connectivity index (χ1n) is 19.9. The fourth-order valence-electron chi connectivity index (χ4n) is 9.84. The highest BCUT2D eigenvalue weighted by Gasteiger charge is 2.23. The monoisotopic (exact) mass is 746 g/mol. The Morgan fingerprint density at radius 1 is 0.431 bits per heavy atom. The second kappa shape index (κ2) is 13.5. The molecular formula is C54H42N4. The maximum atomic E-state index is 10.9. The molecule has 0 saturated heterocycles. The predicted octanol–water partition coefficient (Wildman–Crippen LogP) is 14.0. The molecule has 0 aliphatic heterocycles. The molecule has 0 unspecified atom stereocenters. The topological polar surface area (TPSA) is 46.5 Å². The summed E-state index contributed by atoms with van der Waals surface area (Å²) >= 11 is 0. The number of aromatic nitrogens is 3. The summed E-state index contributed by atoms with van der Waals surface area (Å²) in [7, 11) is 0. The lowest BCUT2D eigenvalue weighted by molar-refractivity contribution is 1.09. The van der Waals surface area contributed by atoms with Crippen LogP contribution in [-0.2, 0) is 0 Å². The van der Waals surface area contributed by atoms with Crippen molar-refractivity contribution in [2.45, 2.75) is 41.5 Å². The molecule has 3 heterocycles. The van der Waals surface area contributed by atoms with E-state index in [1.165, 1.54) is 77.2 Å². The Morgan fingerprint density at radius 3 is 1.33 bits per heavy atom. The first-order chi connectivity index (χ1) is 28.2. The van der Waals surface area contributed by atoms with Gasteiger partial charge >= 0.3 is 0 Å². The number of rotatable bonds is 5. The number of benzene rings is 7. The summed E-state index contributed by atoms with van der Waals surface area (Å²) in [6.07, 6.45) is 3.60. The molecule has 0 bridgehead atoms. The van der Waals surface area contributed by atoms with Gasteiger partial charge in [0, 0.05) is 39.5 Å². The van der Waals surface area contributed by atoms with Crippen LogP contribution in [0.4, 0.5) is 0 Å². The average Bonchev–Trinajstić information content (AvgIpc) is 3.72. The standard InChI is InChI=1S/C54H42N4/c1-32-23-34(3)53(35(4)24-32)39-15-17-44-42-11-7-9-13-47(42)57(49(44)27-39)51-29-41(31-55)46(38-19-21-56-22-20-38)30-52(51)58-48-14-10-8-12-43(48)45-18-16-40(28-50(45)58)54-36(5)25-33(2)26-37(54)6/h7-30H,1-6H3. The van der Waals surface area contributed by atoms with Crippen LogP contribution < -0.4 is 0 Å². The number of pyridine rings is 1. The van der Waals surface area contributed by atoms with Crippen LogP contribution in [0, 0.1) is 52.9 Å². The lowest BCUT2D eigenvalue weighted by Gasteiger charge is -2.20. The highest BCUT2D eigenvalue weighted by atomic mass is 15.1. The summed E-state index contributed by atoms with van der Waals surface area (Å²) in [6, 6.07) is 51.2. The maximum Gasteiger partial charge on any atom is 0.0998 e. The molecule has 7 aromatic carbocycles. The quantitative estimate of drug-likeness (QED) is 0.176. The van der Waals surface area contributed by atoms with Gasteiger partial charge < -0.3 is 9.13 Å². The van der Waals surface area contributed by atoms with E-state index in [1.807, 2.05) is 12.1 Å². The van der Waals surface area contributed by atoms with Gasteiger partial charge in [-0.2, -0.15) is 5.26 Å². The van der Waals surface area contributed by atoms with Gasteiger partial charge in [0.25, 0.3) is 0 Å². The van der Waals surface area contributed by atoms with E-state index in [9.17, 15) is 5.26 Å². The first-order valence-corrected chi connectivity index (χ1v) is 19.9. The predicted molar refractivity (Wildman–Crippen MR) is 242 cm³/mol. The van der Waals surface area contributed by atoms with E-state index in [0.29, 0.717) is 5.56 Å². The third kappa shape index (κ3) is 5.46. The molecule has 0 amide bonds. The molecule has 10 aromatic rings. The molecular weight excluding hydrogens is 705 g/mol. The summed E-state index contributed by atoms with van der Waals surface area (Å²) in [6.45, 7) is 13.2. The van der Waals surface area contributed by atoms with E-state index in [2.05, 4.69) is 183 Å². The largest absolute Gasteiger partial charge is 0.307 e. The molecule has 278 valence electrons. The van der Waals surface area contributed by atoms with Crippen molar-refractivity contribution < 1.29 is 0 Å². The van der Waals surface area contributed by atoms with E-state index in [4.69, 9.17) is 0 Å². The van der Waals surface area contributed by atoms with Gasteiger partial charge in [-0.05, 0) is 140 Å². The van der Waals surface area contributed by atoms with Crippen molar-refractivity contribution in [3.8, 4) is 50.8 Å². The van der Waals surface area contributed by atoms with Gasteiger partial charge in [0.2, 0.25) is 0 Å². The van der Waals surface area contributed by atoms with E-state index in [-0.39, 0.29) is 0 Å². The molecule has 0 aliphatic carbocycles. The van der Waals surface area contributed by atoms with Crippen LogP contribution in [0.1, 0.15) is 38.9 Å². The molecule has 3 aromatic heterocycles. The van der Waals surface area contributed by atoms with Gasteiger partial charge in [-0.3, -0.25) is 4.98 Å². The van der Waals surface area contributed by atoms with Crippen LogP contribution in [0.15, 0.2) is 146 Å².